The molecular formula is C17H18N2O. The normalized spacial score (nSPS) is 11.6. The van der Waals surface area contributed by atoms with Gasteiger partial charge in [0.25, 0.3) is 0 Å². The maximum atomic E-state index is 9.22. The fourth-order valence-electron chi connectivity index (χ4n) is 2.04. The Morgan fingerprint density at radius 1 is 1.10 bits per heavy atom. The Morgan fingerprint density at radius 2 is 1.80 bits per heavy atom. The summed E-state index contributed by atoms with van der Waals surface area (Å²) in [6, 6.07) is 19.8. The van der Waals surface area contributed by atoms with Gasteiger partial charge in [0.2, 0.25) is 0 Å². The van der Waals surface area contributed by atoms with E-state index in [0.717, 1.165) is 24.3 Å². The van der Waals surface area contributed by atoms with E-state index in [-0.39, 0.29) is 6.04 Å². The zero-order valence-corrected chi connectivity index (χ0v) is 11.5. The summed E-state index contributed by atoms with van der Waals surface area (Å²) in [5.74, 6) is 0.862. The van der Waals surface area contributed by atoms with Crippen molar-refractivity contribution in [2.45, 2.75) is 12.5 Å². The second-order valence-electron chi connectivity index (χ2n) is 4.52. The average Bonchev–Trinajstić information content (AvgIpc) is 2.53. The van der Waals surface area contributed by atoms with Crippen LogP contribution < -0.4 is 10.1 Å². The van der Waals surface area contributed by atoms with Gasteiger partial charge in [0.05, 0.1) is 13.2 Å². The van der Waals surface area contributed by atoms with Crippen LogP contribution in [0.5, 0.6) is 5.75 Å². The van der Waals surface area contributed by atoms with Gasteiger partial charge in [-0.05, 0) is 29.7 Å². The summed E-state index contributed by atoms with van der Waals surface area (Å²) in [5.41, 5.74) is 2.23. The van der Waals surface area contributed by atoms with E-state index in [9.17, 15) is 5.26 Å². The second kappa shape index (κ2) is 7.32. The lowest BCUT2D eigenvalue weighted by atomic mass is 10.1. The SMILES string of the molecule is COc1ccc(CCNC(C#N)c2ccccc2)cc1. The Kier molecular flexibility index (Phi) is 5.16. The van der Waals surface area contributed by atoms with Crippen LogP contribution in [0.25, 0.3) is 0 Å². The highest BCUT2D eigenvalue weighted by Crippen LogP contribution is 2.13. The molecule has 0 aromatic heterocycles. The quantitative estimate of drug-likeness (QED) is 0.874. The fraction of sp³-hybridized carbons (Fsp3) is 0.235. The molecular weight excluding hydrogens is 248 g/mol. The lowest BCUT2D eigenvalue weighted by Crippen LogP contribution is -2.22. The van der Waals surface area contributed by atoms with Crippen molar-refractivity contribution in [3.8, 4) is 11.8 Å². The molecule has 0 aliphatic rings. The summed E-state index contributed by atoms with van der Waals surface area (Å²) in [7, 11) is 1.66. The predicted octanol–water partition coefficient (Wildman–Crippen LogP) is 3.09. The Morgan fingerprint density at radius 3 is 2.40 bits per heavy atom. The smallest absolute Gasteiger partial charge is 0.121 e. The number of methoxy groups -OCH3 is 1. The lowest BCUT2D eigenvalue weighted by Gasteiger charge is -2.11. The van der Waals surface area contributed by atoms with Crippen molar-refractivity contribution in [1.82, 2.24) is 5.32 Å². The number of nitrogens with one attached hydrogen (secondary N) is 1. The summed E-state index contributed by atoms with van der Waals surface area (Å²) in [4.78, 5) is 0. The van der Waals surface area contributed by atoms with E-state index in [4.69, 9.17) is 4.74 Å². The van der Waals surface area contributed by atoms with E-state index >= 15 is 0 Å². The number of ether oxygens (including phenoxy) is 1. The predicted molar refractivity (Wildman–Crippen MR) is 79.5 cm³/mol. The molecule has 1 unspecified atom stereocenters. The van der Waals surface area contributed by atoms with Crippen LogP contribution in [0, 0.1) is 11.3 Å². The summed E-state index contributed by atoms with van der Waals surface area (Å²) < 4.78 is 5.13. The number of benzene rings is 2. The molecule has 20 heavy (non-hydrogen) atoms. The minimum atomic E-state index is -0.255. The average molecular weight is 266 g/mol. The number of hydrogen-bond acceptors (Lipinski definition) is 3. The van der Waals surface area contributed by atoms with Crippen molar-refractivity contribution in [3.05, 3.63) is 65.7 Å². The third-order valence-electron chi connectivity index (χ3n) is 3.18. The van der Waals surface area contributed by atoms with Gasteiger partial charge >= 0.3 is 0 Å². The Balaban J connectivity index is 1.86. The van der Waals surface area contributed by atoms with Gasteiger partial charge in [-0.25, -0.2) is 0 Å². The molecule has 2 rings (SSSR count). The van der Waals surface area contributed by atoms with Crippen molar-refractivity contribution >= 4 is 0 Å². The van der Waals surface area contributed by atoms with Crippen molar-refractivity contribution in [2.24, 2.45) is 0 Å². The standard InChI is InChI=1S/C17H18N2O/c1-20-16-9-7-14(8-10-16)11-12-19-17(13-18)15-5-3-2-4-6-15/h2-10,17,19H,11-12H2,1H3. The van der Waals surface area contributed by atoms with E-state index < -0.39 is 0 Å². The van der Waals surface area contributed by atoms with Gasteiger partial charge in [-0.3, -0.25) is 5.32 Å². The highest BCUT2D eigenvalue weighted by molar-refractivity contribution is 5.27. The topological polar surface area (TPSA) is 45.0 Å². The van der Waals surface area contributed by atoms with Crippen LogP contribution in [0.1, 0.15) is 17.2 Å². The molecule has 102 valence electrons. The third-order valence-corrected chi connectivity index (χ3v) is 3.18. The molecule has 0 bridgehead atoms. The number of nitrogens with zero attached hydrogens (tertiary/aromatic N) is 1. The maximum absolute atomic E-state index is 9.22. The molecule has 3 nitrogen and oxygen atoms in total. The highest BCUT2D eigenvalue weighted by atomic mass is 16.5. The number of hydrogen-bond donors (Lipinski definition) is 1. The summed E-state index contributed by atoms with van der Waals surface area (Å²) in [6.07, 6.45) is 0.884. The molecule has 0 amide bonds. The minimum Gasteiger partial charge on any atom is -0.497 e. The van der Waals surface area contributed by atoms with Gasteiger partial charge in [0, 0.05) is 6.54 Å². The van der Waals surface area contributed by atoms with Gasteiger partial charge in [0.1, 0.15) is 11.8 Å². The maximum Gasteiger partial charge on any atom is 0.121 e. The van der Waals surface area contributed by atoms with Crippen LogP contribution >= 0.6 is 0 Å². The van der Waals surface area contributed by atoms with Crippen molar-refractivity contribution in [1.29, 1.82) is 5.26 Å². The van der Waals surface area contributed by atoms with E-state index in [1.54, 1.807) is 7.11 Å². The zero-order chi connectivity index (χ0) is 14.2. The molecule has 0 fully saturated rings. The molecule has 0 spiro atoms. The Bertz CT molecular complexity index is 558. The van der Waals surface area contributed by atoms with Crippen molar-refractivity contribution < 1.29 is 4.74 Å². The van der Waals surface area contributed by atoms with E-state index in [0.29, 0.717) is 0 Å². The van der Waals surface area contributed by atoms with E-state index in [1.807, 2.05) is 54.6 Å². The number of nitriles is 1. The van der Waals surface area contributed by atoms with Crippen LogP contribution in [0.15, 0.2) is 54.6 Å². The molecule has 0 radical (unpaired) electrons. The van der Waals surface area contributed by atoms with Crippen molar-refractivity contribution in [3.63, 3.8) is 0 Å². The van der Waals surface area contributed by atoms with Crippen molar-refractivity contribution in [2.75, 3.05) is 13.7 Å². The first-order valence-corrected chi connectivity index (χ1v) is 6.64. The second-order valence-corrected chi connectivity index (χ2v) is 4.52. The third kappa shape index (κ3) is 3.84. The van der Waals surface area contributed by atoms with Gasteiger partial charge in [-0.1, -0.05) is 42.5 Å². The molecule has 2 aromatic carbocycles. The van der Waals surface area contributed by atoms with Crippen LogP contribution in [0.3, 0.4) is 0 Å². The summed E-state index contributed by atoms with van der Waals surface area (Å²) >= 11 is 0. The van der Waals surface area contributed by atoms with Gasteiger partial charge in [0.15, 0.2) is 0 Å². The Labute approximate surface area is 119 Å². The minimum absolute atomic E-state index is 0.255. The van der Waals surface area contributed by atoms with E-state index in [2.05, 4.69) is 11.4 Å². The van der Waals surface area contributed by atoms with E-state index in [1.165, 1.54) is 5.56 Å². The zero-order valence-electron chi connectivity index (χ0n) is 11.5. The highest BCUT2D eigenvalue weighted by Gasteiger charge is 2.08. The molecule has 0 aliphatic heterocycles. The Hall–Kier alpha value is -2.31. The monoisotopic (exact) mass is 266 g/mol. The molecule has 3 heteroatoms. The van der Waals surface area contributed by atoms with Gasteiger partial charge in [-0.15, -0.1) is 0 Å². The molecule has 1 atom stereocenters. The summed E-state index contributed by atoms with van der Waals surface area (Å²) in [5, 5.41) is 12.5. The van der Waals surface area contributed by atoms with Crippen LogP contribution in [0.2, 0.25) is 0 Å². The lowest BCUT2D eigenvalue weighted by molar-refractivity contribution is 0.414. The first-order valence-electron chi connectivity index (χ1n) is 6.64. The molecule has 0 saturated carbocycles. The number of rotatable bonds is 6. The van der Waals surface area contributed by atoms with Gasteiger partial charge in [-0.2, -0.15) is 5.26 Å². The fourth-order valence-corrected chi connectivity index (χ4v) is 2.04. The molecule has 1 N–H and O–H groups in total. The first-order chi connectivity index (χ1) is 9.83. The summed E-state index contributed by atoms with van der Waals surface area (Å²) in [6.45, 7) is 0.763. The van der Waals surface area contributed by atoms with Crippen LogP contribution in [0.4, 0.5) is 0 Å². The molecule has 2 aromatic rings. The molecule has 0 aliphatic carbocycles. The van der Waals surface area contributed by atoms with Crippen LogP contribution in [-0.2, 0) is 6.42 Å². The first kappa shape index (κ1) is 14.1. The van der Waals surface area contributed by atoms with Gasteiger partial charge < -0.3 is 4.74 Å². The molecule has 0 heterocycles. The largest absolute Gasteiger partial charge is 0.497 e. The van der Waals surface area contributed by atoms with Crippen LogP contribution in [-0.4, -0.2) is 13.7 Å². The molecule has 0 saturated heterocycles.